The molecule has 0 aliphatic heterocycles. The monoisotopic (exact) mass is 369 g/mol. The molecule has 0 aliphatic rings. The molecule has 0 bridgehead atoms. The minimum Gasteiger partial charge on any atom is -0.382 e. The van der Waals surface area contributed by atoms with Crippen molar-refractivity contribution in [1.29, 1.82) is 5.26 Å². The third-order valence-corrected chi connectivity index (χ3v) is 3.81. The van der Waals surface area contributed by atoms with Crippen LogP contribution in [0.15, 0.2) is 22.7 Å². The van der Waals surface area contributed by atoms with Crippen LogP contribution in [0.1, 0.15) is 5.56 Å². The standard InChI is InChI=1S/C11H10BrF2NO4S/c12-10-2-1-9(5-8(10)6-15)19-20(16,17)4-3-18-7-11(13)14/h1-2,5,11H,3-4,7H2. The van der Waals surface area contributed by atoms with Gasteiger partial charge in [-0.15, -0.1) is 0 Å². The van der Waals surface area contributed by atoms with Gasteiger partial charge in [-0.2, -0.15) is 13.7 Å². The first-order valence-electron chi connectivity index (χ1n) is 5.32. The fourth-order valence-corrected chi connectivity index (χ4v) is 2.30. The van der Waals surface area contributed by atoms with E-state index >= 15 is 0 Å². The summed E-state index contributed by atoms with van der Waals surface area (Å²) in [6.07, 6.45) is -2.65. The number of hydrogen-bond acceptors (Lipinski definition) is 5. The van der Waals surface area contributed by atoms with Gasteiger partial charge < -0.3 is 8.92 Å². The van der Waals surface area contributed by atoms with E-state index in [4.69, 9.17) is 9.44 Å². The zero-order valence-electron chi connectivity index (χ0n) is 10.1. The molecule has 20 heavy (non-hydrogen) atoms. The molecule has 0 N–H and O–H groups in total. The second-order valence-electron chi connectivity index (χ2n) is 3.56. The molecule has 0 fully saturated rings. The minimum absolute atomic E-state index is 0.0291. The van der Waals surface area contributed by atoms with Crippen molar-refractivity contribution in [2.75, 3.05) is 19.0 Å². The molecular formula is C11H10BrF2NO4S. The topological polar surface area (TPSA) is 76.4 Å². The molecule has 0 saturated carbocycles. The molecule has 9 heteroatoms. The van der Waals surface area contributed by atoms with Gasteiger partial charge in [-0.25, -0.2) is 8.78 Å². The lowest BCUT2D eigenvalue weighted by Crippen LogP contribution is -2.19. The highest BCUT2D eigenvalue weighted by molar-refractivity contribution is 9.10. The summed E-state index contributed by atoms with van der Waals surface area (Å²) in [6, 6.07) is 5.94. The number of rotatable bonds is 7. The fourth-order valence-electron chi connectivity index (χ4n) is 1.16. The van der Waals surface area contributed by atoms with Gasteiger partial charge in [-0.1, -0.05) is 0 Å². The van der Waals surface area contributed by atoms with Crippen molar-refractivity contribution in [3.63, 3.8) is 0 Å². The van der Waals surface area contributed by atoms with Crippen molar-refractivity contribution >= 4 is 26.0 Å². The van der Waals surface area contributed by atoms with Gasteiger partial charge in [-0.3, -0.25) is 0 Å². The number of halogens is 3. The number of hydrogen-bond donors (Lipinski definition) is 0. The molecule has 0 atom stereocenters. The number of alkyl halides is 2. The summed E-state index contributed by atoms with van der Waals surface area (Å²) in [5, 5.41) is 8.79. The average molecular weight is 370 g/mol. The highest BCUT2D eigenvalue weighted by Gasteiger charge is 2.14. The van der Waals surface area contributed by atoms with Gasteiger partial charge in [0.15, 0.2) is 0 Å². The van der Waals surface area contributed by atoms with E-state index in [0.717, 1.165) is 0 Å². The first-order chi connectivity index (χ1) is 9.34. The van der Waals surface area contributed by atoms with Gasteiger partial charge in [-0.05, 0) is 28.1 Å². The predicted octanol–water partition coefficient (Wildman–Crippen LogP) is 2.31. The Hall–Kier alpha value is -1.24. The van der Waals surface area contributed by atoms with Crippen molar-refractivity contribution in [3.05, 3.63) is 28.2 Å². The van der Waals surface area contributed by atoms with E-state index in [1.54, 1.807) is 0 Å². The van der Waals surface area contributed by atoms with Crippen LogP contribution >= 0.6 is 15.9 Å². The number of nitrogens with zero attached hydrogens (tertiary/aromatic N) is 1. The molecule has 0 spiro atoms. The summed E-state index contributed by atoms with van der Waals surface area (Å²) in [5.74, 6) is -0.587. The van der Waals surface area contributed by atoms with E-state index in [-0.39, 0.29) is 11.3 Å². The summed E-state index contributed by atoms with van der Waals surface area (Å²) in [6.45, 7) is -1.22. The lowest BCUT2D eigenvalue weighted by atomic mass is 10.2. The van der Waals surface area contributed by atoms with Crippen molar-refractivity contribution in [3.8, 4) is 11.8 Å². The van der Waals surface area contributed by atoms with Gasteiger partial charge >= 0.3 is 10.1 Å². The van der Waals surface area contributed by atoms with E-state index in [0.29, 0.717) is 4.47 Å². The molecule has 0 aliphatic carbocycles. The molecule has 1 aromatic carbocycles. The third kappa shape index (κ3) is 5.81. The van der Waals surface area contributed by atoms with E-state index in [2.05, 4.69) is 20.7 Å². The third-order valence-electron chi connectivity index (χ3n) is 2.00. The fraction of sp³-hybridized carbons (Fsp3) is 0.364. The highest BCUT2D eigenvalue weighted by atomic mass is 79.9. The van der Waals surface area contributed by atoms with E-state index < -0.39 is 35.5 Å². The SMILES string of the molecule is N#Cc1cc(OS(=O)(=O)CCOCC(F)F)ccc1Br. The van der Waals surface area contributed by atoms with Crippen LogP contribution in [0.3, 0.4) is 0 Å². The number of nitriles is 1. The first kappa shape index (κ1) is 16.8. The zero-order chi connectivity index (χ0) is 15.2. The van der Waals surface area contributed by atoms with Gasteiger partial charge in [0.25, 0.3) is 6.43 Å². The van der Waals surface area contributed by atoms with E-state index in [1.807, 2.05) is 6.07 Å². The lowest BCUT2D eigenvalue weighted by Gasteiger charge is -2.08. The molecule has 5 nitrogen and oxygen atoms in total. The summed E-state index contributed by atoms with van der Waals surface area (Å²) in [4.78, 5) is 0. The Kier molecular flexibility index (Phi) is 6.32. The normalized spacial score (nSPS) is 11.3. The van der Waals surface area contributed by atoms with E-state index in [1.165, 1.54) is 18.2 Å². The Bertz CT molecular complexity index is 601. The molecule has 0 amide bonds. The maximum Gasteiger partial charge on any atom is 0.311 e. The predicted molar refractivity (Wildman–Crippen MR) is 70.1 cm³/mol. The van der Waals surface area contributed by atoms with Crippen LogP contribution in [-0.2, 0) is 14.9 Å². The summed E-state index contributed by atoms with van der Waals surface area (Å²) in [7, 11) is -3.97. The van der Waals surface area contributed by atoms with Crippen molar-refractivity contribution in [2.24, 2.45) is 0 Å². The van der Waals surface area contributed by atoms with E-state index in [9.17, 15) is 17.2 Å². The summed E-state index contributed by atoms with van der Waals surface area (Å²) >= 11 is 3.12. The lowest BCUT2D eigenvalue weighted by molar-refractivity contribution is 0.0231. The van der Waals surface area contributed by atoms with Gasteiger partial charge in [0.05, 0.1) is 12.2 Å². The quantitative estimate of drug-likeness (QED) is 0.544. The summed E-state index contributed by atoms with van der Waals surface area (Å²) < 4.78 is 56.4. The van der Waals surface area contributed by atoms with Crippen molar-refractivity contribution in [1.82, 2.24) is 0 Å². The number of benzene rings is 1. The van der Waals surface area contributed by atoms with Crippen LogP contribution in [0.5, 0.6) is 5.75 Å². The van der Waals surface area contributed by atoms with Crippen LogP contribution < -0.4 is 4.18 Å². The molecule has 0 radical (unpaired) electrons. The van der Waals surface area contributed by atoms with Gasteiger partial charge in [0.1, 0.15) is 24.2 Å². The molecule has 110 valence electrons. The van der Waals surface area contributed by atoms with Crippen molar-refractivity contribution < 1.29 is 26.1 Å². The largest absolute Gasteiger partial charge is 0.382 e. The maximum absolute atomic E-state index is 11.8. The molecule has 0 saturated heterocycles. The minimum atomic E-state index is -3.97. The molecule has 1 aromatic rings. The van der Waals surface area contributed by atoms with Crippen LogP contribution in [0.4, 0.5) is 8.78 Å². The second kappa shape index (κ2) is 7.52. The number of ether oxygens (including phenoxy) is 1. The van der Waals surface area contributed by atoms with Crippen LogP contribution in [0.25, 0.3) is 0 Å². The van der Waals surface area contributed by atoms with Crippen LogP contribution in [0.2, 0.25) is 0 Å². The zero-order valence-corrected chi connectivity index (χ0v) is 12.5. The molecule has 0 unspecified atom stereocenters. The first-order valence-corrected chi connectivity index (χ1v) is 7.69. The Balaban J connectivity index is 2.60. The highest BCUT2D eigenvalue weighted by Crippen LogP contribution is 2.22. The van der Waals surface area contributed by atoms with Gasteiger partial charge in [0, 0.05) is 10.5 Å². The second-order valence-corrected chi connectivity index (χ2v) is 6.11. The van der Waals surface area contributed by atoms with Crippen molar-refractivity contribution in [2.45, 2.75) is 6.43 Å². The Morgan fingerprint density at radius 1 is 1.40 bits per heavy atom. The molecule has 1 rings (SSSR count). The summed E-state index contributed by atoms with van der Waals surface area (Å²) in [5.41, 5.74) is 0.214. The molecule has 0 heterocycles. The Labute approximate surface area is 123 Å². The van der Waals surface area contributed by atoms with Gasteiger partial charge in [0.2, 0.25) is 0 Å². The Morgan fingerprint density at radius 3 is 2.70 bits per heavy atom. The molecular weight excluding hydrogens is 360 g/mol. The molecule has 0 aromatic heterocycles. The maximum atomic E-state index is 11.8. The van der Waals surface area contributed by atoms with Crippen LogP contribution in [0, 0.1) is 11.3 Å². The Morgan fingerprint density at radius 2 is 2.10 bits per heavy atom. The smallest absolute Gasteiger partial charge is 0.311 e. The van der Waals surface area contributed by atoms with Crippen LogP contribution in [-0.4, -0.2) is 33.8 Å². The average Bonchev–Trinajstić information content (AvgIpc) is 2.36.